The SMILES string of the molecule is O=C1C=C[C@]2(CCCN2C(=O)Cc2cc3c(cc2I)OCO3)C1. The molecule has 0 radical (unpaired) electrons. The lowest BCUT2D eigenvalue weighted by Crippen LogP contribution is -2.46. The number of fused-ring (bicyclic) bond motifs is 1. The van der Waals surface area contributed by atoms with E-state index in [0.29, 0.717) is 18.6 Å². The van der Waals surface area contributed by atoms with Crippen molar-refractivity contribution in [2.24, 2.45) is 0 Å². The highest BCUT2D eigenvalue weighted by molar-refractivity contribution is 14.1. The molecule has 6 heteroatoms. The molecule has 1 fully saturated rings. The van der Waals surface area contributed by atoms with Gasteiger partial charge in [-0.2, -0.15) is 0 Å². The number of carbonyl (C=O) groups is 2. The second-order valence-corrected chi connectivity index (χ2v) is 7.36. The van der Waals surface area contributed by atoms with Crippen molar-refractivity contribution in [1.82, 2.24) is 4.90 Å². The first kappa shape index (κ1) is 15.0. The van der Waals surface area contributed by atoms with Crippen LogP contribution in [0.1, 0.15) is 24.8 Å². The van der Waals surface area contributed by atoms with E-state index >= 15 is 0 Å². The zero-order chi connectivity index (χ0) is 16.0. The van der Waals surface area contributed by atoms with Gasteiger partial charge in [-0.15, -0.1) is 0 Å². The van der Waals surface area contributed by atoms with Crippen LogP contribution < -0.4 is 9.47 Å². The molecule has 5 nitrogen and oxygen atoms in total. The van der Waals surface area contributed by atoms with Crippen LogP contribution in [-0.2, 0) is 16.0 Å². The van der Waals surface area contributed by atoms with Crippen LogP contribution in [0, 0.1) is 3.57 Å². The molecule has 2 aliphatic heterocycles. The smallest absolute Gasteiger partial charge is 0.231 e. The van der Waals surface area contributed by atoms with Gasteiger partial charge in [-0.1, -0.05) is 6.08 Å². The van der Waals surface area contributed by atoms with Gasteiger partial charge in [0.05, 0.1) is 12.0 Å². The molecule has 2 heterocycles. The first-order valence-electron chi connectivity index (χ1n) is 7.68. The summed E-state index contributed by atoms with van der Waals surface area (Å²) in [5.74, 6) is 1.61. The van der Waals surface area contributed by atoms with Gasteiger partial charge >= 0.3 is 0 Å². The van der Waals surface area contributed by atoms with Crippen molar-refractivity contribution in [2.45, 2.75) is 31.2 Å². The van der Waals surface area contributed by atoms with E-state index in [9.17, 15) is 9.59 Å². The lowest BCUT2D eigenvalue weighted by molar-refractivity contribution is -0.133. The number of likely N-dealkylation sites (tertiary alicyclic amines) is 1. The summed E-state index contributed by atoms with van der Waals surface area (Å²) in [7, 11) is 0. The van der Waals surface area contributed by atoms with Crippen LogP contribution >= 0.6 is 22.6 Å². The molecule has 0 bridgehead atoms. The largest absolute Gasteiger partial charge is 0.454 e. The summed E-state index contributed by atoms with van der Waals surface area (Å²) in [5.41, 5.74) is 0.561. The normalized spacial score (nSPS) is 24.9. The predicted octanol–water partition coefficient (Wildman–Crippen LogP) is 2.45. The van der Waals surface area contributed by atoms with Crippen molar-refractivity contribution in [2.75, 3.05) is 13.3 Å². The van der Waals surface area contributed by atoms with E-state index in [4.69, 9.17) is 9.47 Å². The molecule has 1 spiro atoms. The van der Waals surface area contributed by atoms with Crippen LogP contribution in [0.4, 0.5) is 0 Å². The zero-order valence-corrected chi connectivity index (χ0v) is 14.7. The molecule has 1 aromatic rings. The Balaban J connectivity index is 1.56. The molecule has 23 heavy (non-hydrogen) atoms. The molecule has 1 amide bonds. The lowest BCUT2D eigenvalue weighted by atomic mass is 9.95. The fourth-order valence-electron chi connectivity index (χ4n) is 3.65. The Kier molecular flexibility index (Phi) is 3.59. The maximum Gasteiger partial charge on any atom is 0.231 e. The zero-order valence-electron chi connectivity index (χ0n) is 12.5. The third-order valence-corrected chi connectivity index (χ3v) is 5.78. The van der Waals surface area contributed by atoms with Crippen LogP contribution in [0.15, 0.2) is 24.3 Å². The van der Waals surface area contributed by atoms with Gasteiger partial charge in [0.15, 0.2) is 17.3 Å². The van der Waals surface area contributed by atoms with E-state index in [-0.39, 0.29) is 24.0 Å². The Hall–Kier alpha value is -1.57. The molecule has 1 aliphatic carbocycles. The van der Waals surface area contributed by atoms with Crippen molar-refractivity contribution >= 4 is 34.3 Å². The fourth-order valence-corrected chi connectivity index (χ4v) is 4.28. The quantitative estimate of drug-likeness (QED) is 0.684. The highest BCUT2D eigenvalue weighted by atomic mass is 127. The molecule has 120 valence electrons. The first-order chi connectivity index (χ1) is 11.1. The number of ether oxygens (including phenoxy) is 2. The number of benzene rings is 1. The number of carbonyl (C=O) groups excluding carboxylic acids is 2. The molecular formula is C17H16INO4. The average molecular weight is 425 g/mol. The summed E-state index contributed by atoms with van der Waals surface area (Å²) in [6.45, 7) is 0.947. The van der Waals surface area contributed by atoms with Crippen molar-refractivity contribution in [1.29, 1.82) is 0 Å². The van der Waals surface area contributed by atoms with Gasteiger partial charge in [-0.05, 0) is 59.2 Å². The monoisotopic (exact) mass is 425 g/mol. The topological polar surface area (TPSA) is 55.8 Å². The maximum absolute atomic E-state index is 12.8. The summed E-state index contributed by atoms with van der Waals surface area (Å²) >= 11 is 2.22. The van der Waals surface area contributed by atoms with Gasteiger partial charge < -0.3 is 14.4 Å². The van der Waals surface area contributed by atoms with E-state index in [2.05, 4.69) is 22.6 Å². The Morgan fingerprint density at radius 1 is 1.30 bits per heavy atom. The standard InChI is InChI=1S/C17H16INO4/c18-13-8-15-14(22-10-23-15)6-11(13)7-16(21)19-5-1-3-17(19)4-2-12(20)9-17/h2,4,6,8H,1,3,5,7,9-10H2/t17-/m1/s1. The molecule has 0 saturated carbocycles. The lowest BCUT2D eigenvalue weighted by Gasteiger charge is -2.33. The average Bonchev–Trinajstić information content (AvgIpc) is 3.21. The third-order valence-electron chi connectivity index (χ3n) is 4.77. The van der Waals surface area contributed by atoms with Gasteiger partial charge in [0.25, 0.3) is 0 Å². The Labute approximate surface area is 147 Å². The van der Waals surface area contributed by atoms with Gasteiger partial charge in [0, 0.05) is 16.5 Å². The minimum absolute atomic E-state index is 0.0682. The number of hydrogen-bond acceptors (Lipinski definition) is 4. The number of allylic oxidation sites excluding steroid dienone is 1. The predicted molar refractivity (Wildman–Crippen MR) is 91.4 cm³/mol. The maximum atomic E-state index is 12.8. The molecular weight excluding hydrogens is 409 g/mol. The van der Waals surface area contributed by atoms with E-state index in [0.717, 1.165) is 34.3 Å². The first-order valence-corrected chi connectivity index (χ1v) is 8.76. The number of rotatable bonds is 2. The van der Waals surface area contributed by atoms with E-state index in [1.807, 2.05) is 23.1 Å². The van der Waals surface area contributed by atoms with Gasteiger partial charge in [0.2, 0.25) is 12.7 Å². The Bertz CT molecular complexity index is 730. The van der Waals surface area contributed by atoms with Crippen molar-refractivity contribution in [3.05, 3.63) is 33.4 Å². The Morgan fingerprint density at radius 2 is 2.09 bits per heavy atom. The van der Waals surface area contributed by atoms with Crippen molar-refractivity contribution in [3.63, 3.8) is 0 Å². The highest BCUT2D eigenvalue weighted by Gasteiger charge is 2.45. The summed E-state index contributed by atoms with van der Waals surface area (Å²) in [6, 6.07) is 3.80. The molecule has 4 rings (SSSR count). The van der Waals surface area contributed by atoms with Crippen LogP contribution in [0.25, 0.3) is 0 Å². The Morgan fingerprint density at radius 3 is 2.83 bits per heavy atom. The molecule has 0 aromatic heterocycles. The third kappa shape index (κ3) is 2.52. The van der Waals surface area contributed by atoms with E-state index in [1.54, 1.807) is 6.08 Å². The molecule has 3 aliphatic rings. The van der Waals surface area contributed by atoms with Crippen molar-refractivity contribution in [3.8, 4) is 11.5 Å². The fraction of sp³-hybridized carbons (Fsp3) is 0.412. The summed E-state index contributed by atoms with van der Waals surface area (Å²) in [6.07, 6.45) is 6.11. The highest BCUT2D eigenvalue weighted by Crippen LogP contribution is 2.39. The summed E-state index contributed by atoms with van der Waals surface area (Å²) in [4.78, 5) is 26.4. The minimum atomic E-state index is -0.379. The number of nitrogens with zero attached hydrogens (tertiary/aromatic N) is 1. The van der Waals surface area contributed by atoms with Gasteiger partial charge in [-0.3, -0.25) is 9.59 Å². The van der Waals surface area contributed by atoms with Gasteiger partial charge in [0.1, 0.15) is 0 Å². The van der Waals surface area contributed by atoms with Crippen LogP contribution in [-0.4, -0.2) is 35.5 Å². The summed E-state index contributed by atoms with van der Waals surface area (Å²) in [5, 5.41) is 0. The van der Waals surface area contributed by atoms with Gasteiger partial charge in [-0.25, -0.2) is 0 Å². The summed E-state index contributed by atoms with van der Waals surface area (Å²) < 4.78 is 11.8. The molecule has 0 unspecified atom stereocenters. The molecule has 1 atom stereocenters. The van der Waals surface area contributed by atoms with E-state index < -0.39 is 0 Å². The van der Waals surface area contributed by atoms with E-state index in [1.165, 1.54) is 0 Å². The second kappa shape index (κ2) is 5.51. The molecule has 1 aromatic carbocycles. The molecule has 1 saturated heterocycles. The van der Waals surface area contributed by atoms with Crippen LogP contribution in [0.3, 0.4) is 0 Å². The van der Waals surface area contributed by atoms with Crippen LogP contribution in [0.2, 0.25) is 0 Å². The van der Waals surface area contributed by atoms with Crippen LogP contribution in [0.5, 0.6) is 11.5 Å². The number of hydrogen-bond donors (Lipinski definition) is 0. The number of halogens is 1. The number of amides is 1. The minimum Gasteiger partial charge on any atom is -0.454 e. The molecule has 0 N–H and O–H groups in total. The second-order valence-electron chi connectivity index (χ2n) is 6.20. The van der Waals surface area contributed by atoms with Crippen molar-refractivity contribution < 1.29 is 19.1 Å². The number of ketones is 1.